The first kappa shape index (κ1) is 63.2. The number of halogens is 1. The molecule has 7 aliphatic heterocycles. The van der Waals surface area contributed by atoms with E-state index in [2.05, 4.69) is 198 Å². The summed E-state index contributed by atoms with van der Waals surface area (Å²) < 4.78 is 26.0. The van der Waals surface area contributed by atoms with E-state index >= 15 is 0 Å². The van der Waals surface area contributed by atoms with Crippen molar-refractivity contribution < 1.29 is 4.39 Å². The van der Waals surface area contributed by atoms with Crippen LogP contribution in [0.4, 0.5) is 21.5 Å². The number of likely N-dealkylation sites (tertiary alicyclic amines) is 1. The number of fused-ring (bicyclic) bond motifs is 15. The van der Waals surface area contributed by atoms with Gasteiger partial charge in [-0.25, -0.2) is 14.1 Å². The van der Waals surface area contributed by atoms with Crippen molar-refractivity contribution in [2.45, 2.75) is 85.4 Å². The molecule has 19 rings (SSSR count). The van der Waals surface area contributed by atoms with Gasteiger partial charge in [0.2, 0.25) is 5.82 Å². The van der Waals surface area contributed by atoms with Crippen LogP contribution in [0.3, 0.4) is 0 Å². The molecule has 1 unspecified atom stereocenters. The molecule has 19 nitrogen and oxygen atoms in total. The lowest BCUT2D eigenvalue weighted by molar-refractivity contribution is 0.171. The lowest BCUT2D eigenvalue weighted by Gasteiger charge is -2.41. The third kappa shape index (κ3) is 12.3. The molecule has 0 N–H and O–H groups in total. The zero-order chi connectivity index (χ0) is 68.2. The number of tetrazole rings is 1. The van der Waals surface area contributed by atoms with Crippen molar-refractivity contribution in [2.24, 2.45) is 23.7 Å². The molecule has 2 atom stereocenters. The molecule has 0 aliphatic carbocycles. The predicted octanol–water partition coefficient (Wildman–Crippen LogP) is 14.6. The highest BCUT2D eigenvalue weighted by molar-refractivity contribution is 5.76. The molecule has 0 radical (unpaired) electrons. The molecule has 4 saturated heterocycles. The number of aromatic nitrogens is 13. The zero-order valence-electron chi connectivity index (χ0n) is 57.4. The molecule has 0 bridgehead atoms. The van der Waals surface area contributed by atoms with Crippen LogP contribution in [0.25, 0.3) is 85.0 Å². The molecule has 20 heteroatoms. The first-order valence-electron chi connectivity index (χ1n) is 35.9. The van der Waals surface area contributed by atoms with E-state index < -0.39 is 0 Å². The normalized spacial score (nSPS) is 17.3. The average Bonchev–Trinajstić information content (AvgIpc) is 1.62. The Kier molecular flexibility index (Phi) is 16.8. The molecule has 13 heterocycles. The molecular weight excluding hydrogens is 1260 g/mol. The van der Waals surface area contributed by atoms with Crippen molar-refractivity contribution in [3.8, 4) is 97.1 Å². The Balaban J connectivity index is 0.000000114. The lowest BCUT2D eigenvalue weighted by atomic mass is 9.94. The number of anilines is 3. The second kappa shape index (κ2) is 26.8. The molecule has 0 saturated carbocycles. The standard InChI is InChI=1S/C31H33N7.C25H24FN5.C25H23N7/c1-22-8-11-35(12-9-22)17-24-10-13-36(18-24)28-6-7-29-27(14-28)20-37-19-26(25-4-2-23(16-32)3-5-25)15-30(37)31-34-33-21-38(29)31;1-2-17-9-10-29(13-17)22-7-8-23-20(11-22)15-30-14-19(18-3-5-21(26)6-4-18)12-24(30)25-27-16-28-31(23)25;1-2-3-18-13-30(14-18)22-8-9-23-21(10-22)16-31-15-20(19-6-4-17(12-26)5-7-19)11-24(31)25-27-28-29-32(23)25/h2-7,14-15,19,21-22,24H,8-13,17-18,20H2,1H3;3-8,11-12,14,16-17H,2,9-10,13,15H2,1H3;4-11,15,18H,2-3,13-14,16H2,1H3/t;17-;/m.0./s1. The maximum atomic E-state index is 13.4. The van der Waals surface area contributed by atoms with Crippen molar-refractivity contribution in [2.75, 3.05) is 73.6 Å². The van der Waals surface area contributed by atoms with Crippen LogP contribution in [-0.4, -0.2) is 127 Å². The summed E-state index contributed by atoms with van der Waals surface area (Å²) in [5, 5.41) is 44.1. The maximum absolute atomic E-state index is 13.4. The van der Waals surface area contributed by atoms with Gasteiger partial charge in [0.25, 0.3) is 0 Å². The topological polar surface area (TPSA) is 180 Å². The number of hydrogen-bond acceptors (Lipinski definition) is 13. The minimum Gasteiger partial charge on any atom is -0.371 e. The molecule has 101 heavy (non-hydrogen) atoms. The van der Waals surface area contributed by atoms with Gasteiger partial charge in [0.05, 0.1) is 57.4 Å². The number of hydrogen-bond donors (Lipinski definition) is 0. The van der Waals surface area contributed by atoms with Gasteiger partial charge in [-0.3, -0.25) is 4.57 Å². The fourth-order valence-electron chi connectivity index (χ4n) is 16.2. The Labute approximate surface area is 587 Å². The van der Waals surface area contributed by atoms with Crippen molar-refractivity contribution in [1.29, 1.82) is 10.5 Å². The molecule has 506 valence electrons. The van der Waals surface area contributed by atoms with Gasteiger partial charge in [-0.05, 0) is 222 Å². The van der Waals surface area contributed by atoms with Crippen LogP contribution in [0, 0.1) is 52.2 Å². The van der Waals surface area contributed by atoms with Crippen LogP contribution in [0.5, 0.6) is 0 Å². The lowest BCUT2D eigenvalue weighted by Crippen LogP contribution is -2.46. The smallest absolute Gasteiger partial charge is 0.203 e. The summed E-state index contributed by atoms with van der Waals surface area (Å²) in [6.07, 6.45) is 18.9. The van der Waals surface area contributed by atoms with E-state index in [1.165, 1.54) is 110 Å². The van der Waals surface area contributed by atoms with Gasteiger partial charge >= 0.3 is 0 Å². The van der Waals surface area contributed by atoms with E-state index in [1.807, 2.05) is 76.4 Å². The minimum atomic E-state index is -0.224. The quantitative estimate of drug-likeness (QED) is 0.119. The minimum absolute atomic E-state index is 0.224. The van der Waals surface area contributed by atoms with Gasteiger partial charge in [0.15, 0.2) is 11.6 Å². The van der Waals surface area contributed by atoms with Crippen molar-refractivity contribution >= 4 is 17.1 Å². The molecule has 0 amide bonds. The fourth-order valence-corrected chi connectivity index (χ4v) is 16.2. The Morgan fingerprint density at radius 1 is 0.495 bits per heavy atom. The molecule has 0 spiro atoms. The number of nitrogens with zero attached hydrogens (tertiary/aromatic N) is 19. The third-order valence-corrected chi connectivity index (χ3v) is 22.0. The van der Waals surface area contributed by atoms with Crippen LogP contribution in [0.15, 0.2) is 177 Å². The molecule has 6 aromatic carbocycles. The summed E-state index contributed by atoms with van der Waals surface area (Å²) in [5.41, 5.74) is 21.6. The molecule has 12 aromatic rings. The van der Waals surface area contributed by atoms with Gasteiger partial charge in [0.1, 0.15) is 18.5 Å². The van der Waals surface area contributed by atoms with Crippen LogP contribution < -0.4 is 14.7 Å². The second-order valence-corrected chi connectivity index (χ2v) is 28.6. The van der Waals surface area contributed by atoms with Gasteiger partial charge in [0, 0.05) is 118 Å². The van der Waals surface area contributed by atoms with Gasteiger partial charge in [-0.2, -0.15) is 20.3 Å². The Hall–Kier alpha value is -11.2. The summed E-state index contributed by atoms with van der Waals surface area (Å²) in [6, 6.07) is 53.1. The van der Waals surface area contributed by atoms with Gasteiger partial charge in [-0.15, -0.1) is 15.3 Å². The first-order valence-corrected chi connectivity index (χ1v) is 35.9. The van der Waals surface area contributed by atoms with Crippen LogP contribution in [-0.2, 0) is 19.6 Å². The predicted molar refractivity (Wildman–Crippen MR) is 392 cm³/mol. The largest absolute Gasteiger partial charge is 0.371 e. The SMILES string of the molecule is CC1CCN(CC2CCN(c3ccc4c(c3)Cn3cc(-c5ccc(C#N)cc5)cc3-c3nncn3-4)C2)CC1.CCCC1CN(c2ccc3c(c2)Cn2cc(-c4ccc(C#N)cc4)cc2-c2nnnn2-3)C1.CC[C@H]1CCN(c2ccc3c(c2)Cn2cc(-c4ccc(F)cc4)cc2-c2ncnn2-3)C1. The average molecular weight is 1340 g/mol. The zero-order valence-corrected chi connectivity index (χ0v) is 57.4. The van der Waals surface area contributed by atoms with Crippen molar-refractivity contribution in [1.82, 2.24) is 68.3 Å². The van der Waals surface area contributed by atoms with E-state index in [0.29, 0.717) is 11.1 Å². The monoisotopic (exact) mass is 1340 g/mol. The van der Waals surface area contributed by atoms with Crippen LogP contribution in [0.1, 0.15) is 93.5 Å². The highest BCUT2D eigenvalue weighted by Crippen LogP contribution is 2.41. The second-order valence-electron chi connectivity index (χ2n) is 28.6. The Morgan fingerprint density at radius 2 is 1.00 bits per heavy atom. The van der Waals surface area contributed by atoms with E-state index in [0.717, 1.165) is 168 Å². The summed E-state index contributed by atoms with van der Waals surface area (Å²) in [4.78, 5) is 14.8. The van der Waals surface area contributed by atoms with E-state index in [9.17, 15) is 4.39 Å². The number of benzene rings is 6. The molecule has 4 fully saturated rings. The molecule has 6 aromatic heterocycles. The van der Waals surface area contributed by atoms with Crippen LogP contribution in [0.2, 0.25) is 0 Å². The Bertz CT molecular complexity index is 5090. The summed E-state index contributed by atoms with van der Waals surface area (Å²) >= 11 is 0. The highest BCUT2D eigenvalue weighted by Gasteiger charge is 2.32. The summed E-state index contributed by atoms with van der Waals surface area (Å²) in [6.45, 7) is 19.8. The van der Waals surface area contributed by atoms with Crippen LogP contribution >= 0.6 is 0 Å². The fraction of sp³-hybridized carbons (Fsp3) is 0.321. The molecular formula is C81H80FN19. The number of piperidine rings is 1. The van der Waals surface area contributed by atoms with E-state index in [-0.39, 0.29) is 5.82 Å². The summed E-state index contributed by atoms with van der Waals surface area (Å²) in [7, 11) is 0. The summed E-state index contributed by atoms with van der Waals surface area (Å²) in [5.74, 6) is 5.43. The van der Waals surface area contributed by atoms with Crippen molar-refractivity contribution in [3.63, 3.8) is 0 Å². The third-order valence-electron chi connectivity index (χ3n) is 22.0. The Morgan fingerprint density at radius 3 is 1.56 bits per heavy atom. The van der Waals surface area contributed by atoms with E-state index in [1.54, 1.807) is 6.33 Å². The van der Waals surface area contributed by atoms with Gasteiger partial charge in [-0.1, -0.05) is 70.0 Å². The van der Waals surface area contributed by atoms with E-state index in [4.69, 9.17) is 10.5 Å². The molecule has 7 aliphatic rings. The van der Waals surface area contributed by atoms with Crippen molar-refractivity contribution in [3.05, 3.63) is 210 Å². The highest BCUT2D eigenvalue weighted by atomic mass is 19.1. The number of rotatable bonds is 11. The first-order chi connectivity index (χ1) is 49.6. The maximum Gasteiger partial charge on any atom is 0.203 e. The van der Waals surface area contributed by atoms with Gasteiger partial charge < -0.3 is 33.3 Å². The number of nitriles is 2.